The number of aromatic amines is 1. The summed E-state index contributed by atoms with van der Waals surface area (Å²) >= 11 is 0. The highest BCUT2D eigenvalue weighted by Gasteiger charge is 2.31. The van der Waals surface area contributed by atoms with Gasteiger partial charge in [-0.3, -0.25) is 4.79 Å². The van der Waals surface area contributed by atoms with Gasteiger partial charge in [-0.15, -0.1) is 0 Å². The van der Waals surface area contributed by atoms with Gasteiger partial charge < -0.3 is 10.7 Å². The summed E-state index contributed by atoms with van der Waals surface area (Å²) in [5, 5.41) is 0. The average molecular weight is 277 g/mol. The summed E-state index contributed by atoms with van der Waals surface area (Å²) in [4.78, 5) is 19.4. The van der Waals surface area contributed by atoms with Crippen molar-refractivity contribution < 1.29 is 0 Å². The lowest BCUT2D eigenvalue weighted by Gasteiger charge is -2.36. The smallest absolute Gasteiger partial charge is 0.256 e. The second-order valence-electron chi connectivity index (χ2n) is 7.08. The number of hydrogen-bond donors (Lipinski definition) is 2. The Balaban J connectivity index is 2.14. The molecule has 112 valence electrons. The summed E-state index contributed by atoms with van der Waals surface area (Å²) in [6.07, 6.45) is 5.22. The second-order valence-corrected chi connectivity index (χ2v) is 7.08. The van der Waals surface area contributed by atoms with E-state index in [2.05, 4.69) is 30.7 Å². The predicted octanol–water partition coefficient (Wildman–Crippen LogP) is 3.23. The van der Waals surface area contributed by atoms with Crippen LogP contribution in [0.2, 0.25) is 0 Å². The predicted molar refractivity (Wildman–Crippen MR) is 82.8 cm³/mol. The highest BCUT2D eigenvalue weighted by Crippen LogP contribution is 2.42. The highest BCUT2D eigenvalue weighted by molar-refractivity contribution is 5.37. The molecule has 3 N–H and O–H groups in total. The minimum absolute atomic E-state index is 0.0621. The quantitative estimate of drug-likeness (QED) is 0.871. The van der Waals surface area contributed by atoms with Gasteiger partial charge in [0.05, 0.1) is 5.56 Å². The number of nitrogens with zero attached hydrogens (tertiary/aromatic N) is 1. The van der Waals surface area contributed by atoms with E-state index in [0.29, 0.717) is 29.1 Å². The van der Waals surface area contributed by atoms with E-state index in [4.69, 9.17) is 5.73 Å². The fourth-order valence-corrected chi connectivity index (χ4v) is 3.30. The molecular weight excluding hydrogens is 250 g/mol. The Morgan fingerprint density at radius 2 is 1.85 bits per heavy atom. The molecule has 0 spiro atoms. The van der Waals surface area contributed by atoms with E-state index in [9.17, 15) is 4.79 Å². The van der Waals surface area contributed by atoms with Crippen molar-refractivity contribution >= 4 is 5.82 Å². The monoisotopic (exact) mass is 277 g/mol. The van der Waals surface area contributed by atoms with Crippen LogP contribution in [0.25, 0.3) is 0 Å². The van der Waals surface area contributed by atoms with Crippen LogP contribution in [0.1, 0.15) is 70.7 Å². The lowest BCUT2D eigenvalue weighted by Crippen LogP contribution is -2.27. The van der Waals surface area contributed by atoms with Gasteiger partial charge in [0.25, 0.3) is 5.56 Å². The SMILES string of the molecule is CCc1c(N)nc(C2CCC(C(C)(C)C)CC2)[nH]c1=O. The Morgan fingerprint density at radius 3 is 2.30 bits per heavy atom. The third-order valence-corrected chi connectivity index (χ3v) is 4.76. The number of anilines is 1. The number of rotatable bonds is 2. The molecule has 4 nitrogen and oxygen atoms in total. The molecule has 0 radical (unpaired) electrons. The molecule has 0 saturated heterocycles. The van der Waals surface area contributed by atoms with E-state index in [1.54, 1.807) is 0 Å². The molecule has 1 saturated carbocycles. The van der Waals surface area contributed by atoms with E-state index in [-0.39, 0.29) is 5.56 Å². The van der Waals surface area contributed by atoms with Crippen LogP contribution in [0.15, 0.2) is 4.79 Å². The first-order valence-corrected chi connectivity index (χ1v) is 7.71. The molecular formula is C16H27N3O. The minimum atomic E-state index is -0.0621. The lowest BCUT2D eigenvalue weighted by atomic mass is 9.69. The lowest BCUT2D eigenvalue weighted by molar-refractivity contribution is 0.167. The zero-order valence-electron chi connectivity index (χ0n) is 13.1. The maximum atomic E-state index is 12.0. The first-order chi connectivity index (χ1) is 9.32. The standard InChI is InChI=1S/C16H27N3O/c1-5-12-13(17)18-14(19-15(12)20)10-6-8-11(9-7-10)16(2,3)4/h10-11H,5-9H2,1-4H3,(H3,17,18,19,20). The van der Waals surface area contributed by atoms with E-state index < -0.39 is 0 Å². The topological polar surface area (TPSA) is 71.8 Å². The Kier molecular flexibility index (Phi) is 4.21. The van der Waals surface area contributed by atoms with E-state index >= 15 is 0 Å². The summed E-state index contributed by atoms with van der Waals surface area (Å²) in [6, 6.07) is 0. The third kappa shape index (κ3) is 3.05. The van der Waals surface area contributed by atoms with Gasteiger partial charge in [-0.1, -0.05) is 27.7 Å². The van der Waals surface area contributed by atoms with Crippen molar-refractivity contribution in [2.45, 2.75) is 65.7 Å². The van der Waals surface area contributed by atoms with Gasteiger partial charge in [0.1, 0.15) is 11.6 Å². The number of nitrogens with one attached hydrogen (secondary N) is 1. The van der Waals surface area contributed by atoms with Gasteiger partial charge in [0.15, 0.2) is 0 Å². The van der Waals surface area contributed by atoms with E-state index in [1.807, 2.05) is 6.92 Å². The summed E-state index contributed by atoms with van der Waals surface area (Å²) < 4.78 is 0. The summed E-state index contributed by atoms with van der Waals surface area (Å²) in [5.74, 6) is 2.31. The Bertz CT molecular complexity index is 520. The fraction of sp³-hybridized carbons (Fsp3) is 0.750. The number of aromatic nitrogens is 2. The van der Waals surface area contributed by atoms with Crippen LogP contribution < -0.4 is 11.3 Å². The average Bonchev–Trinajstić information content (AvgIpc) is 2.37. The van der Waals surface area contributed by atoms with Gasteiger partial charge in [0, 0.05) is 5.92 Å². The van der Waals surface area contributed by atoms with Crippen LogP contribution >= 0.6 is 0 Å². The highest BCUT2D eigenvalue weighted by atomic mass is 16.1. The van der Waals surface area contributed by atoms with Crippen molar-refractivity contribution in [3.8, 4) is 0 Å². The van der Waals surface area contributed by atoms with E-state index in [0.717, 1.165) is 24.6 Å². The first kappa shape index (κ1) is 15.1. The van der Waals surface area contributed by atoms with Gasteiger partial charge in [-0.05, 0) is 43.4 Å². The molecule has 20 heavy (non-hydrogen) atoms. The molecule has 0 aliphatic heterocycles. The van der Waals surface area contributed by atoms with Gasteiger partial charge in [-0.25, -0.2) is 4.98 Å². The maximum absolute atomic E-state index is 12.0. The summed E-state index contributed by atoms with van der Waals surface area (Å²) in [7, 11) is 0. The molecule has 0 unspecified atom stereocenters. The molecule has 1 aliphatic rings. The van der Waals surface area contributed by atoms with E-state index in [1.165, 1.54) is 12.8 Å². The van der Waals surface area contributed by atoms with Crippen LogP contribution in [0.3, 0.4) is 0 Å². The maximum Gasteiger partial charge on any atom is 0.256 e. The van der Waals surface area contributed by atoms with Crippen molar-refractivity contribution in [3.05, 3.63) is 21.7 Å². The Hall–Kier alpha value is -1.32. The molecule has 4 heteroatoms. The zero-order chi connectivity index (χ0) is 14.9. The molecule has 1 aromatic rings. The molecule has 0 atom stereocenters. The summed E-state index contributed by atoms with van der Waals surface area (Å²) in [6.45, 7) is 8.86. The van der Waals surface area contributed by atoms with Crippen LogP contribution in [-0.2, 0) is 6.42 Å². The molecule has 1 aliphatic carbocycles. The largest absolute Gasteiger partial charge is 0.383 e. The normalized spacial score (nSPS) is 23.8. The van der Waals surface area contributed by atoms with Gasteiger partial charge in [-0.2, -0.15) is 0 Å². The molecule has 0 amide bonds. The van der Waals surface area contributed by atoms with Crippen molar-refractivity contribution in [1.82, 2.24) is 9.97 Å². The molecule has 1 fully saturated rings. The van der Waals surface area contributed by atoms with Crippen molar-refractivity contribution in [2.75, 3.05) is 5.73 Å². The number of hydrogen-bond acceptors (Lipinski definition) is 3. The summed E-state index contributed by atoms with van der Waals surface area (Å²) in [5.41, 5.74) is 6.82. The number of nitrogen functional groups attached to an aromatic ring is 1. The second kappa shape index (κ2) is 5.58. The first-order valence-electron chi connectivity index (χ1n) is 7.71. The van der Waals surface area contributed by atoms with Crippen molar-refractivity contribution in [1.29, 1.82) is 0 Å². The molecule has 0 aromatic carbocycles. The van der Waals surface area contributed by atoms with Crippen LogP contribution in [0.5, 0.6) is 0 Å². The van der Waals surface area contributed by atoms with Crippen LogP contribution in [0, 0.1) is 11.3 Å². The van der Waals surface area contributed by atoms with Gasteiger partial charge in [0.2, 0.25) is 0 Å². The molecule has 1 heterocycles. The third-order valence-electron chi connectivity index (χ3n) is 4.76. The zero-order valence-corrected chi connectivity index (χ0v) is 13.1. The molecule has 1 aromatic heterocycles. The fourth-order valence-electron chi connectivity index (χ4n) is 3.30. The molecule has 0 bridgehead atoms. The number of H-pyrrole nitrogens is 1. The van der Waals surface area contributed by atoms with Crippen molar-refractivity contribution in [3.63, 3.8) is 0 Å². The Labute approximate surface area is 121 Å². The Morgan fingerprint density at radius 1 is 1.25 bits per heavy atom. The van der Waals surface area contributed by atoms with Crippen molar-refractivity contribution in [2.24, 2.45) is 11.3 Å². The van der Waals surface area contributed by atoms with Gasteiger partial charge >= 0.3 is 0 Å². The van der Waals surface area contributed by atoms with Crippen LogP contribution in [0.4, 0.5) is 5.82 Å². The number of nitrogens with two attached hydrogens (primary N) is 1. The minimum Gasteiger partial charge on any atom is -0.383 e. The van der Waals surface area contributed by atoms with Crippen LogP contribution in [-0.4, -0.2) is 9.97 Å². The molecule has 2 rings (SSSR count).